The van der Waals surface area contributed by atoms with Crippen molar-refractivity contribution in [2.24, 2.45) is 5.73 Å². The zero-order valence-electron chi connectivity index (χ0n) is 9.37. The number of hydrogen-bond acceptors (Lipinski definition) is 4. The Kier molecular flexibility index (Phi) is 3.23. The van der Waals surface area contributed by atoms with E-state index in [-0.39, 0.29) is 6.04 Å². The molecular weight excluding hydrogens is 302 g/mol. The van der Waals surface area contributed by atoms with Crippen molar-refractivity contribution in [1.82, 2.24) is 0 Å². The maximum atomic E-state index is 6.27. The van der Waals surface area contributed by atoms with Gasteiger partial charge in [0.1, 0.15) is 13.2 Å². The van der Waals surface area contributed by atoms with Gasteiger partial charge in [0.15, 0.2) is 11.5 Å². The predicted molar refractivity (Wildman–Crippen MR) is 72.8 cm³/mol. The third kappa shape index (κ3) is 2.04. The molecule has 0 bridgehead atoms. The molecule has 0 saturated heterocycles. The molecule has 17 heavy (non-hydrogen) atoms. The van der Waals surface area contributed by atoms with E-state index in [1.807, 2.05) is 17.8 Å². The summed E-state index contributed by atoms with van der Waals surface area (Å²) in [6.45, 7) is 1.23. The molecule has 2 aliphatic heterocycles. The molecule has 0 fully saturated rings. The highest BCUT2D eigenvalue weighted by molar-refractivity contribution is 9.10. The van der Waals surface area contributed by atoms with Gasteiger partial charge in [-0.25, -0.2) is 0 Å². The van der Waals surface area contributed by atoms with Crippen molar-refractivity contribution in [3.8, 4) is 11.5 Å². The van der Waals surface area contributed by atoms with Gasteiger partial charge in [-0.3, -0.25) is 0 Å². The van der Waals surface area contributed by atoms with Crippen LogP contribution in [0.15, 0.2) is 10.5 Å². The summed E-state index contributed by atoms with van der Waals surface area (Å²) in [4.78, 5) is 0. The highest BCUT2D eigenvalue weighted by Gasteiger charge is 2.27. The summed E-state index contributed by atoms with van der Waals surface area (Å²) in [5.41, 5.74) is 8.68. The third-order valence-electron chi connectivity index (χ3n) is 3.12. The molecule has 1 aromatic rings. The number of thioether (sulfide) groups is 1. The molecule has 5 heteroatoms. The summed E-state index contributed by atoms with van der Waals surface area (Å²) in [5.74, 6) is 3.77. The molecule has 92 valence electrons. The number of nitrogens with two attached hydrogens (primary N) is 1. The minimum absolute atomic E-state index is 0.0490. The zero-order chi connectivity index (χ0) is 11.8. The topological polar surface area (TPSA) is 44.5 Å². The van der Waals surface area contributed by atoms with E-state index in [0.717, 1.165) is 39.5 Å². The van der Waals surface area contributed by atoms with E-state index in [1.165, 1.54) is 5.56 Å². The van der Waals surface area contributed by atoms with Gasteiger partial charge >= 0.3 is 0 Å². The molecule has 1 atom stereocenters. The van der Waals surface area contributed by atoms with Crippen molar-refractivity contribution in [1.29, 1.82) is 0 Å². The molecule has 2 heterocycles. The predicted octanol–water partition coefficient (Wildman–Crippen LogP) is 2.86. The Morgan fingerprint density at radius 1 is 1.35 bits per heavy atom. The molecule has 0 radical (unpaired) electrons. The van der Waals surface area contributed by atoms with E-state index in [2.05, 4.69) is 15.9 Å². The van der Waals surface area contributed by atoms with Gasteiger partial charge in [0.2, 0.25) is 0 Å². The summed E-state index contributed by atoms with van der Waals surface area (Å²) >= 11 is 5.54. The zero-order valence-corrected chi connectivity index (χ0v) is 11.8. The van der Waals surface area contributed by atoms with E-state index >= 15 is 0 Å². The lowest BCUT2D eigenvalue weighted by Crippen LogP contribution is -2.20. The van der Waals surface area contributed by atoms with E-state index in [9.17, 15) is 0 Å². The molecule has 0 aliphatic carbocycles. The number of halogens is 1. The van der Waals surface area contributed by atoms with Crippen molar-refractivity contribution in [2.45, 2.75) is 18.2 Å². The molecule has 3 rings (SSSR count). The van der Waals surface area contributed by atoms with Crippen LogP contribution in [0.4, 0.5) is 0 Å². The number of fused-ring (bicyclic) bond motifs is 3. The third-order valence-corrected chi connectivity index (χ3v) is 4.84. The molecule has 2 aliphatic rings. The fourth-order valence-electron chi connectivity index (χ4n) is 2.29. The van der Waals surface area contributed by atoms with Crippen LogP contribution in [0.25, 0.3) is 0 Å². The van der Waals surface area contributed by atoms with E-state index in [0.29, 0.717) is 13.2 Å². The first-order valence-electron chi connectivity index (χ1n) is 5.71. The smallest absolute Gasteiger partial charge is 0.166 e. The van der Waals surface area contributed by atoms with Gasteiger partial charge in [0.05, 0.1) is 0 Å². The van der Waals surface area contributed by atoms with Crippen LogP contribution in [0.1, 0.15) is 23.6 Å². The highest BCUT2D eigenvalue weighted by atomic mass is 79.9. The molecule has 0 spiro atoms. The van der Waals surface area contributed by atoms with Crippen molar-refractivity contribution < 1.29 is 9.47 Å². The molecule has 0 unspecified atom stereocenters. The van der Waals surface area contributed by atoms with Crippen LogP contribution < -0.4 is 15.2 Å². The SMILES string of the molecule is N[C@@H]1CCSCc2c(Br)cc3c(c21)OCCO3. The van der Waals surface area contributed by atoms with Crippen molar-refractivity contribution in [3.05, 3.63) is 21.7 Å². The Morgan fingerprint density at radius 2 is 2.18 bits per heavy atom. The van der Waals surface area contributed by atoms with Crippen LogP contribution in [0, 0.1) is 0 Å². The average molecular weight is 316 g/mol. The Morgan fingerprint density at radius 3 is 3.06 bits per heavy atom. The van der Waals surface area contributed by atoms with Crippen LogP contribution >= 0.6 is 27.7 Å². The summed E-state index contributed by atoms with van der Waals surface area (Å²) in [5, 5.41) is 0. The summed E-state index contributed by atoms with van der Waals surface area (Å²) < 4.78 is 12.5. The number of ether oxygens (including phenoxy) is 2. The minimum atomic E-state index is 0.0490. The van der Waals surface area contributed by atoms with Crippen LogP contribution in [0.5, 0.6) is 11.5 Å². The second-order valence-corrected chi connectivity index (χ2v) is 6.18. The van der Waals surface area contributed by atoms with Crippen molar-refractivity contribution in [2.75, 3.05) is 19.0 Å². The van der Waals surface area contributed by atoms with Gasteiger partial charge in [-0.1, -0.05) is 15.9 Å². The maximum Gasteiger partial charge on any atom is 0.166 e. The fourth-order valence-corrected chi connectivity index (χ4v) is 4.11. The average Bonchev–Trinajstić information content (AvgIpc) is 2.52. The first-order valence-corrected chi connectivity index (χ1v) is 7.66. The first-order chi connectivity index (χ1) is 8.27. The highest BCUT2D eigenvalue weighted by Crippen LogP contribution is 2.45. The molecule has 2 N–H and O–H groups in total. The van der Waals surface area contributed by atoms with E-state index in [1.54, 1.807) is 0 Å². The van der Waals surface area contributed by atoms with E-state index in [4.69, 9.17) is 15.2 Å². The quantitative estimate of drug-likeness (QED) is 0.799. The lowest BCUT2D eigenvalue weighted by Gasteiger charge is -2.25. The van der Waals surface area contributed by atoms with Gasteiger partial charge in [-0.15, -0.1) is 0 Å². The number of hydrogen-bond donors (Lipinski definition) is 1. The molecule has 1 aromatic carbocycles. The Labute approximate surface area is 113 Å². The van der Waals surface area contributed by atoms with Crippen LogP contribution in [-0.2, 0) is 5.75 Å². The summed E-state index contributed by atoms with van der Waals surface area (Å²) in [7, 11) is 0. The molecular formula is C12H14BrNO2S. The Bertz CT molecular complexity index is 453. The van der Waals surface area contributed by atoms with Gasteiger partial charge < -0.3 is 15.2 Å². The Balaban J connectivity index is 2.19. The number of benzene rings is 1. The minimum Gasteiger partial charge on any atom is -0.486 e. The summed E-state index contributed by atoms with van der Waals surface area (Å²) in [6, 6.07) is 2.05. The molecule has 0 amide bonds. The van der Waals surface area contributed by atoms with E-state index < -0.39 is 0 Å². The van der Waals surface area contributed by atoms with Gasteiger partial charge in [-0.05, 0) is 23.8 Å². The monoisotopic (exact) mass is 315 g/mol. The van der Waals surface area contributed by atoms with Crippen LogP contribution in [-0.4, -0.2) is 19.0 Å². The first kappa shape index (κ1) is 11.7. The van der Waals surface area contributed by atoms with Crippen LogP contribution in [0.2, 0.25) is 0 Å². The second kappa shape index (κ2) is 4.71. The van der Waals surface area contributed by atoms with Crippen molar-refractivity contribution >= 4 is 27.7 Å². The largest absolute Gasteiger partial charge is 0.486 e. The van der Waals surface area contributed by atoms with Crippen molar-refractivity contribution in [3.63, 3.8) is 0 Å². The standard InChI is InChI=1S/C12H14BrNO2S/c13-8-5-10-12(16-3-2-15-10)11-7(8)6-17-4-1-9(11)14/h5,9H,1-4,6,14H2/t9-/m1/s1. The molecule has 3 nitrogen and oxygen atoms in total. The lowest BCUT2D eigenvalue weighted by atomic mass is 9.98. The summed E-state index contributed by atoms with van der Waals surface area (Å²) in [6.07, 6.45) is 0.990. The second-order valence-electron chi connectivity index (χ2n) is 4.22. The maximum absolute atomic E-state index is 6.27. The lowest BCUT2D eigenvalue weighted by molar-refractivity contribution is 0.169. The Hall–Kier alpha value is -0.390. The van der Waals surface area contributed by atoms with Crippen LogP contribution in [0.3, 0.4) is 0 Å². The normalized spacial score (nSPS) is 22.8. The van der Waals surface area contributed by atoms with Gasteiger partial charge in [0.25, 0.3) is 0 Å². The fraction of sp³-hybridized carbons (Fsp3) is 0.500. The van der Waals surface area contributed by atoms with Gasteiger partial charge in [-0.2, -0.15) is 11.8 Å². The van der Waals surface area contributed by atoms with Gasteiger partial charge in [0, 0.05) is 21.8 Å². The molecule has 0 aromatic heterocycles. The number of rotatable bonds is 0. The molecule has 0 saturated carbocycles.